The molecule has 3 rings (SSSR count). The number of thioether (sulfide) groups is 1. The molecule has 0 bridgehead atoms. The maximum absolute atomic E-state index is 2.46. The molecule has 0 spiro atoms. The van der Waals surface area contributed by atoms with Crippen LogP contribution in [0.2, 0.25) is 0 Å². The first kappa shape index (κ1) is 16.2. The lowest BCUT2D eigenvalue weighted by Crippen LogP contribution is -2.26. The minimum atomic E-state index is 0.887. The molecule has 1 saturated heterocycles. The lowest BCUT2D eigenvalue weighted by molar-refractivity contribution is 0.215. The van der Waals surface area contributed by atoms with Crippen LogP contribution in [0.4, 0.5) is 0 Å². The molecule has 21 heavy (non-hydrogen) atoms. The molecule has 0 N–H and O–H groups in total. The molecule has 3 unspecified atom stereocenters. The third-order valence-corrected chi connectivity index (χ3v) is 8.60. The minimum Gasteiger partial charge on any atom is -0.155 e. The number of rotatable bonds is 4. The third kappa shape index (κ3) is 4.21. The van der Waals surface area contributed by atoms with Crippen molar-refractivity contribution in [1.29, 1.82) is 0 Å². The van der Waals surface area contributed by atoms with E-state index in [0.29, 0.717) is 0 Å². The van der Waals surface area contributed by atoms with Crippen molar-refractivity contribution < 1.29 is 0 Å². The fourth-order valence-electron chi connectivity index (χ4n) is 5.27. The highest BCUT2D eigenvalue weighted by Crippen LogP contribution is 2.51. The minimum absolute atomic E-state index is 0.887. The molecule has 3 aliphatic rings. The topological polar surface area (TPSA) is 0 Å². The van der Waals surface area contributed by atoms with E-state index in [1.54, 1.807) is 38.5 Å². The molecule has 0 nitrogen and oxygen atoms in total. The Morgan fingerprint density at radius 1 is 0.857 bits per heavy atom. The maximum Gasteiger partial charge on any atom is 0.00838 e. The van der Waals surface area contributed by atoms with Gasteiger partial charge in [0.05, 0.1) is 0 Å². The SMILES string of the molecule is CC(C)C1CC(C2CCCCC2)C(CC2CCCCC2)S1. The van der Waals surface area contributed by atoms with E-state index < -0.39 is 0 Å². The van der Waals surface area contributed by atoms with Crippen LogP contribution in [0.1, 0.15) is 90.9 Å². The van der Waals surface area contributed by atoms with E-state index in [1.165, 1.54) is 38.5 Å². The van der Waals surface area contributed by atoms with Gasteiger partial charge in [-0.25, -0.2) is 0 Å². The Hall–Kier alpha value is 0.350. The first-order valence-corrected chi connectivity index (χ1v) is 10.8. The molecule has 0 radical (unpaired) electrons. The van der Waals surface area contributed by atoms with Crippen LogP contribution < -0.4 is 0 Å². The van der Waals surface area contributed by atoms with Gasteiger partial charge in [-0.3, -0.25) is 0 Å². The zero-order valence-electron chi connectivity index (χ0n) is 14.4. The van der Waals surface area contributed by atoms with Crippen LogP contribution in [-0.4, -0.2) is 10.5 Å². The van der Waals surface area contributed by atoms with Gasteiger partial charge in [-0.15, -0.1) is 0 Å². The monoisotopic (exact) mass is 308 g/mol. The van der Waals surface area contributed by atoms with E-state index >= 15 is 0 Å². The van der Waals surface area contributed by atoms with Crippen molar-refractivity contribution in [3.63, 3.8) is 0 Å². The molecule has 0 amide bonds. The van der Waals surface area contributed by atoms with Gasteiger partial charge in [0, 0.05) is 10.5 Å². The summed E-state index contributed by atoms with van der Waals surface area (Å²) < 4.78 is 0. The molecule has 1 heterocycles. The fourth-order valence-corrected chi connectivity index (χ4v) is 7.29. The van der Waals surface area contributed by atoms with Gasteiger partial charge in [0.25, 0.3) is 0 Å². The molecule has 122 valence electrons. The standard InChI is InChI=1S/C20H36S/c1-15(2)19-14-18(17-11-7-4-8-12-17)20(21-19)13-16-9-5-3-6-10-16/h15-20H,3-14H2,1-2H3. The molecular weight excluding hydrogens is 272 g/mol. The molecule has 0 aromatic heterocycles. The lowest BCUT2D eigenvalue weighted by Gasteiger charge is -2.33. The van der Waals surface area contributed by atoms with Crippen molar-refractivity contribution >= 4 is 11.8 Å². The molecule has 3 fully saturated rings. The maximum atomic E-state index is 2.46. The molecule has 2 saturated carbocycles. The van der Waals surface area contributed by atoms with Gasteiger partial charge in [0.2, 0.25) is 0 Å². The summed E-state index contributed by atoms with van der Waals surface area (Å²) in [6.45, 7) is 4.91. The van der Waals surface area contributed by atoms with E-state index in [1.807, 2.05) is 0 Å². The highest BCUT2D eigenvalue weighted by atomic mass is 32.2. The van der Waals surface area contributed by atoms with Crippen LogP contribution >= 0.6 is 11.8 Å². The lowest BCUT2D eigenvalue weighted by atomic mass is 9.73. The Morgan fingerprint density at radius 2 is 1.48 bits per heavy atom. The summed E-state index contributed by atoms with van der Waals surface area (Å²) in [5.74, 6) is 4.12. The van der Waals surface area contributed by atoms with Crippen LogP contribution in [0.3, 0.4) is 0 Å². The Morgan fingerprint density at radius 3 is 2.10 bits per heavy atom. The number of hydrogen-bond donors (Lipinski definition) is 0. The highest BCUT2D eigenvalue weighted by molar-refractivity contribution is 8.00. The summed E-state index contributed by atoms with van der Waals surface area (Å²) in [6, 6.07) is 0. The average Bonchev–Trinajstić information content (AvgIpc) is 2.93. The van der Waals surface area contributed by atoms with Crippen LogP contribution in [0.15, 0.2) is 0 Å². The normalized spacial score (nSPS) is 36.4. The fraction of sp³-hybridized carbons (Fsp3) is 1.00. The molecule has 0 aromatic carbocycles. The van der Waals surface area contributed by atoms with Gasteiger partial charge < -0.3 is 0 Å². The first-order valence-electron chi connectivity index (χ1n) is 9.89. The van der Waals surface area contributed by atoms with Gasteiger partial charge in [-0.05, 0) is 36.5 Å². The predicted molar refractivity (Wildman–Crippen MR) is 95.9 cm³/mol. The quantitative estimate of drug-likeness (QED) is 0.558. The van der Waals surface area contributed by atoms with Crippen molar-refractivity contribution in [2.24, 2.45) is 23.7 Å². The summed E-state index contributed by atoms with van der Waals surface area (Å²) in [4.78, 5) is 0. The van der Waals surface area contributed by atoms with Gasteiger partial charge in [-0.1, -0.05) is 78.1 Å². The Kier molecular flexibility index (Phi) is 5.99. The van der Waals surface area contributed by atoms with Crippen molar-refractivity contribution in [1.82, 2.24) is 0 Å². The van der Waals surface area contributed by atoms with E-state index in [4.69, 9.17) is 0 Å². The molecular formula is C20H36S. The predicted octanol–water partition coefficient (Wildman–Crippen LogP) is 6.68. The molecule has 3 atom stereocenters. The van der Waals surface area contributed by atoms with Crippen LogP contribution in [0.25, 0.3) is 0 Å². The van der Waals surface area contributed by atoms with E-state index in [-0.39, 0.29) is 0 Å². The van der Waals surface area contributed by atoms with Crippen molar-refractivity contribution in [3.8, 4) is 0 Å². The molecule has 1 heteroatoms. The zero-order valence-corrected chi connectivity index (χ0v) is 15.2. The summed E-state index contributed by atoms with van der Waals surface area (Å²) >= 11 is 2.41. The molecule has 1 aliphatic heterocycles. The van der Waals surface area contributed by atoms with E-state index in [9.17, 15) is 0 Å². The van der Waals surface area contributed by atoms with Gasteiger partial charge in [0.15, 0.2) is 0 Å². The summed E-state index contributed by atoms with van der Waals surface area (Å²) in [5, 5.41) is 1.98. The second-order valence-corrected chi connectivity index (χ2v) is 9.98. The Labute approximate surface area is 137 Å². The summed E-state index contributed by atoms with van der Waals surface area (Å²) in [6.07, 6.45) is 18.4. The largest absolute Gasteiger partial charge is 0.155 e. The second kappa shape index (κ2) is 7.75. The smallest absolute Gasteiger partial charge is 0.00838 e. The first-order chi connectivity index (χ1) is 10.2. The van der Waals surface area contributed by atoms with Gasteiger partial charge >= 0.3 is 0 Å². The van der Waals surface area contributed by atoms with Crippen LogP contribution in [0, 0.1) is 23.7 Å². The number of hydrogen-bond acceptors (Lipinski definition) is 1. The van der Waals surface area contributed by atoms with Gasteiger partial charge in [-0.2, -0.15) is 11.8 Å². The van der Waals surface area contributed by atoms with Gasteiger partial charge in [0.1, 0.15) is 0 Å². The van der Waals surface area contributed by atoms with Crippen LogP contribution in [-0.2, 0) is 0 Å². The zero-order chi connectivity index (χ0) is 14.7. The molecule has 0 aromatic rings. The van der Waals surface area contributed by atoms with Crippen molar-refractivity contribution in [2.45, 2.75) is 101 Å². The summed E-state index contributed by atoms with van der Waals surface area (Å²) in [7, 11) is 0. The summed E-state index contributed by atoms with van der Waals surface area (Å²) in [5.41, 5.74) is 0. The highest BCUT2D eigenvalue weighted by Gasteiger charge is 2.41. The van der Waals surface area contributed by atoms with E-state index in [0.717, 1.165) is 34.2 Å². The Bertz CT molecular complexity index is 299. The van der Waals surface area contributed by atoms with E-state index in [2.05, 4.69) is 25.6 Å². The molecule has 2 aliphatic carbocycles. The van der Waals surface area contributed by atoms with Crippen molar-refractivity contribution in [2.75, 3.05) is 0 Å². The Balaban J connectivity index is 1.62. The average molecular weight is 309 g/mol. The second-order valence-electron chi connectivity index (χ2n) is 8.49. The van der Waals surface area contributed by atoms with Crippen LogP contribution in [0.5, 0.6) is 0 Å². The van der Waals surface area contributed by atoms with Crippen molar-refractivity contribution in [3.05, 3.63) is 0 Å². The third-order valence-electron chi connectivity index (χ3n) is 6.62.